The second-order valence-electron chi connectivity index (χ2n) is 3.33. The fourth-order valence-corrected chi connectivity index (χ4v) is 1.18. The van der Waals surface area contributed by atoms with Gasteiger partial charge in [0.2, 0.25) is 6.41 Å². The first-order chi connectivity index (χ1) is 7.13. The molecule has 0 aromatic heterocycles. The van der Waals surface area contributed by atoms with Gasteiger partial charge in [-0.3, -0.25) is 9.59 Å². The number of benzene rings is 1. The zero-order valence-corrected chi connectivity index (χ0v) is 8.49. The number of carbonyl (C=O) groups excluding carboxylic acids is 2. The second kappa shape index (κ2) is 5.26. The first-order valence-electron chi connectivity index (χ1n) is 4.64. The van der Waals surface area contributed by atoms with Crippen molar-refractivity contribution in [1.82, 2.24) is 5.73 Å². The molecule has 1 aromatic rings. The van der Waals surface area contributed by atoms with Gasteiger partial charge in [0.15, 0.2) is 0 Å². The van der Waals surface area contributed by atoms with E-state index in [0.29, 0.717) is 18.5 Å². The van der Waals surface area contributed by atoms with Crippen LogP contribution in [-0.2, 0) is 16.0 Å². The Bertz CT molecular complexity index is 346. The van der Waals surface area contributed by atoms with Crippen LogP contribution in [0.4, 0.5) is 5.69 Å². The number of anilines is 1. The van der Waals surface area contributed by atoms with Crippen molar-refractivity contribution in [3.05, 3.63) is 29.8 Å². The fourth-order valence-electron chi connectivity index (χ4n) is 1.18. The molecule has 1 rings (SSSR count). The van der Waals surface area contributed by atoms with E-state index < -0.39 is 6.04 Å². The van der Waals surface area contributed by atoms with Crippen molar-refractivity contribution in [2.75, 3.05) is 5.32 Å². The molecule has 1 aromatic carbocycles. The van der Waals surface area contributed by atoms with Crippen LogP contribution in [0.2, 0.25) is 0 Å². The minimum absolute atomic E-state index is 0.134. The lowest BCUT2D eigenvalue weighted by Gasteiger charge is -2.07. The van der Waals surface area contributed by atoms with Gasteiger partial charge in [-0.1, -0.05) is 12.1 Å². The van der Waals surface area contributed by atoms with Gasteiger partial charge in [-0.05, 0) is 31.0 Å². The lowest BCUT2D eigenvalue weighted by atomic mass is 10.0. The Hall–Kier alpha value is -1.68. The normalized spacial score (nSPS) is 11.9. The summed E-state index contributed by atoms with van der Waals surface area (Å²) in [4.78, 5) is 21.0. The van der Waals surface area contributed by atoms with E-state index in [1.54, 1.807) is 24.3 Å². The van der Waals surface area contributed by atoms with Crippen LogP contribution in [-0.4, -0.2) is 18.2 Å². The lowest BCUT2D eigenvalue weighted by Crippen LogP contribution is -2.21. The summed E-state index contributed by atoms with van der Waals surface area (Å²) in [5.41, 5.74) is 9.10. The number of carbonyl (C=O) groups is 2. The largest absolute Gasteiger partial charge is 0.329 e. The van der Waals surface area contributed by atoms with Crippen LogP contribution in [0.1, 0.15) is 12.5 Å². The molecule has 0 saturated heterocycles. The molecular weight excluding hydrogens is 192 g/mol. The van der Waals surface area contributed by atoms with Crippen LogP contribution < -0.4 is 11.1 Å². The topological polar surface area (TPSA) is 70.0 Å². The Morgan fingerprint density at radius 2 is 2.07 bits per heavy atom. The number of nitrogens with one attached hydrogen (secondary N) is 2. The lowest BCUT2D eigenvalue weighted by molar-refractivity contribution is -0.118. The molecular formula is C11H13N2O2. The predicted molar refractivity (Wildman–Crippen MR) is 57.4 cm³/mol. The monoisotopic (exact) mass is 205 g/mol. The summed E-state index contributed by atoms with van der Waals surface area (Å²) in [6.07, 6.45) is 1.02. The smallest absolute Gasteiger partial charge is 0.211 e. The van der Waals surface area contributed by atoms with Crippen molar-refractivity contribution in [2.45, 2.75) is 19.4 Å². The molecule has 4 heteroatoms. The van der Waals surface area contributed by atoms with Crippen LogP contribution in [0.25, 0.3) is 0 Å². The van der Waals surface area contributed by atoms with Gasteiger partial charge in [-0.25, -0.2) is 5.73 Å². The summed E-state index contributed by atoms with van der Waals surface area (Å²) in [6.45, 7) is 1.42. The van der Waals surface area contributed by atoms with Gasteiger partial charge in [0, 0.05) is 5.69 Å². The third kappa shape index (κ3) is 3.52. The number of amides is 1. The summed E-state index contributed by atoms with van der Waals surface area (Å²) in [5, 5.41) is 2.52. The quantitative estimate of drug-likeness (QED) is 0.729. The van der Waals surface area contributed by atoms with E-state index in [2.05, 4.69) is 5.32 Å². The highest BCUT2D eigenvalue weighted by atomic mass is 16.1. The van der Waals surface area contributed by atoms with Gasteiger partial charge >= 0.3 is 0 Å². The van der Waals surface area contributed by atoms with Gasteiger partial charge in [0.25, 0.3) is 0 Å². The first kappa shape index (κ1) is 11.4. The Labute approximate surface area is 88.5 Å². The zero-order chi connectivity index (χ0) is 11.3. The summed E-state index contributed by atoms with van der Waals surface area (Å²) in [7, 11) is 0. The molecule has 79 valence electrons. The van der Waals surface area contributed by atoms with Crippen LogP contribution in [0.3, 0.4) is 0 Å². The Morgan fingerprint density at radius 3 is 2.53 bits per heavy atom. The molecule has 0 spiro atoms. The van der Waals surface area contributed by atoms with Gasteiger partial charge in [0.1, 0.15) is 5.78 Å². The Kier molecular flexibility index (Phi) is 4.00. The standard InChI is InChI=1S/C11H13N2O2/c1-8(15)11(12)6-9-2-4-10(5-3-9)13-7-14/h2-5,7,11-12H,6H2,1H3,(H,13,14)/t11-/m0/s1. The summed E-state index contributed by atoms with van der Waals surface area (Å²) in [6, 6.07) is 6.40. The number of ketones is 1. The van der Waals surface area contributed by atoms with Gasteiger partial charge in [-0.15, -0.1) is 0 Å². The third-order valence-electron chi connectivity index (χ3n) is 2.11. The molecule has 0 heterocycles. The SMILES string of the molecule is CC(=O)[C@@H]([NH])Cc1ccc(NC=O)cc1. The maximum absolute atomic E-state index is 10.9. The molecule has 15 heavy (non-hydrogen) atoms. The molecule has 1 radical (unpaired) electrons. The van der Waals surface area contributed by atoms with Gasteiger partial charge < -0.3 is 5.32 Å². The van der Waals surface area contributed by atoms with Gasteiger partial charge in [0.05, 0.1) is 6.04 Å². The average Bonchev–Trinajstić information content (AvgIpc) is 2.21. The average molecular weight is 205 g/mol. The van der Waals surface area contributed by atoms with Crippen LogP contribution in [0, 0.1) is 0 Å². The molecule has 1 atom stereocenters. The van der Waals surface area contributed by atoms with Crippen molar-refractivity contribution < 1.29 is 9.59 Å². The molecule has 2 N–H and O–H groups in total. The molecule has 0 aliphatic heterocycles. The van der Waals surface area contributed by atoms with E-state index in [9.17, 15) is 9.59 Å². The van der Waals surface area contributed by atoms with Crippen molar-refractivity contribution in [2.24, 2.45) is 0 Å². The summed E-state index contributed by atoms with van der Waals surface area (Å²) in [5.74, 6) is -0.134. The fraction of sp³-hybridized carbons (Fsp3) is 0.273. The number of Topliss-reactive ketones (excluding diaryl/α,β-unsaturated/α-hetero) is 1. The molecule has 4 nitrogen and oxygen atoms in total. The van der Waals surface area contributed by atoms with E-state index in [4.69, 9.17) is 5.73 Å². The van der Waals surface area contributed by atoms with Crippen LogP contribution >= 0.6 is 0 Å². The van der Waals surface area contributed by atoms with Crippen molar-refractivity contribution >= 4 is 17.9 Å². The van der Waals surface area contributed by atoms with Crippen molar-refractivity contribution in [3.63, 3.8) is 0 Å². The van der Waals surface area contributed by atoms with Gasteiger partial charge in [-0.2, -0.15) is 0 Å². The maximum Gasteiger partial charge on any atom is 0.211 e. The maximum atomic E-state index is 10.9. The molecule has 0 aliphatic carbocycles. The van der Waals surface area contributed by atoms with Crippen molar-refractivity contribution in [3.8, 4) is 0 Å². The molecule has 0 fully saturated rings. The van der Waals surface area contributed by atoms with E-state index in [1.165, 1.54) is 6.92 Å². The molecule has 0 aliphatic rings. The zero-order valence-electron chi connectivity index (χ0n) is 8.49. The number of rotatable bonds is 5. The summed E-state index contributed by atoms with van der Waals surface area (Å²) >= 11 is 0. The number of hydrogen-bond donors (Lipinski definition) is 1. The predicted octanol–water partition coefficient (Wildman–Crippen LogP) is 1.04. The van der Waals surface area contributed by atoms with Crippen LogP contribution in [0.5, 0.6) is 0 Å². The molecule has 1 amide bonds. The van der Waals surface area contributed by atoms with Crippen LogP contribution in [0.15, 0.2) is 24.3 Å². The highest BCUT2D eigenvalue weighted by molar-refractivity contribution is 5.81. The summed E-state index contributed by atoms with van der Waals surface area (Å²) < 4.78 is 0. The number of hydrogen-bond acceptors (Lipinski definition) is 2. The second-order valence-corrected chi connectivity index (χ2v) is 3.33. The minimum Gasteiger partial charge on any atom is -0.329 e. The Morgan fingerprint density at radius 1 is 1.47 bits per heavy atom. The molecule has 0 unspecified atom stereocenters. The first-order valence-corrected chi connectivity index (χ1v) is 4.64. The minimum atomic E-state index is -0.699. The highest BCUT2D eigenvalue weighted by Crippen LogP contribution is 2.10. The molecule has 0 bridgehead atoms. The van der Waals surface area contributed by atoms with E-state index in [0.717, 1.165) is 5.56 Å². The van der Waals surface area contributed by atoms with E-state index in [-0.39, 0.29) is 5.78 Å². The van der Waals surface area contributed by atoms with E-state index >= 15 is 0 Å². The molecule has 0 saturated carbocycles. The third-order valence-corrected chi connectivity index (χ3v) is 2.11. The van der Waals surface area contributed by atoms with E-state index in [1.807, 2.05) is 0 Å². The highest BCUT2D eigenvalue weighted by Gasteiger charge is 2.09. The Balaban J connectivity index is 2.64. The van der Waals surface area contributed by atoms with Crippen molar-refractivity contribution in [1.29, 1.82) is 0 Å².